The Bertz CT molecular complexity index is 1490. The average Bonchev–Trinajstić information content (AvgIpc) is 3.35. The number of hydrogen-bond donors (Lipinski definition) is 3. The molecule has 9 nitrogen and oxygen atoms in total. The van der Waals surface area contributed by atoms with Crippen molar-refractivity contribution >= 4 is 23.6 Å². The number of piperidine rings is 2. The zero-order chi connectivity index (χ0) is 30.5. The second-order valence-corrected chi connectivity index (χ2v) is 12.2. The number of nitrogens with two attached hydrogens (primary N) is 1. The molecule has 3 aliphatic heterocycles. The summed E-state index contributed by atoms with van der Waals surface area (Å²) in [5, 5.41) is 6.49. The predicted molar refractivity (Wildman–Crippen MR) is 170 cm³/mol. The Balaban J connectivity index is 0.976. The van der Waals surface area contributed by atoms with E-state index in [0.29, 0.717) is 19.5 Å². The maximum absolute atomic E-state index is 13.2. The van der Waals surface area contributed by atoms with E-state index < -0.39 is 6.09 Å². The third kappa shape index (κ3) is 7.11. The minimum Gasteiger partial charge on any atom is -0.446 e. The highest BCUT2D eigenvalue weighted by molar-refractivity contribution is 5.98. The lowest BCUT2D eigenvalue weighted by Gasteiger charge is -2.31. The maximum Gasteiger partial charge on any atom is 0.411 e. The number of amides is 3. The molecule has 230 valence electrons. The fraction of sp³-hybridized carbons (Fsp3) is 0.400. The Hall–Kier alpha value is -4.21. The molecule has 3 aliphatic rings. The molecule has 0 spiro atoms. The van der Waals surface area contributed by atoms with Gasteiger partial charge in [-0.2, -0.15) is 0 Å². The van der Waals surface area contributed by atoms with E-state index in [2.05, 4.69) is 21.6 Å². The number of rotatable bonds is 9. The SMILES string of the molecule is NC(=O)C1CCN(Cc2ccc3c(c2)CN(CCC2CC(OC(=O)Nc4ccccc4-c4ccccc4)CCN2)C3=O)CC1. The first-order valence-corrected chi connectivity index (χ1v) is 15.7. The summed E-state index contributed by atoms with van der Waals surface area (Å²) in [6.45, 7) is 4.55. The fourth-order valence-electron chi connectivity index (χ4n) is 6.70. The first kappa shape index (κ1) is 29.8. The normalized spacial score (nSPS) is 20.7. The van der Waals surface area contributed by atoms with E-state index in [1.165, 1.54) is 5.56 Å². The largest absolute Gasteiger partial charge is 0.446 e. The molecular formula is C35H41N5O4. The van der Waals surface area contributed by atoms with Crippen LogP contribution in [0.4, 0.5) is 10.5 Å². The molecule has 3 aromatic rings. The van der Waals surface area contributed by atoms with E-state index in [1.807, 2.05) is 71.6 Å². The standard InChI is InChI=1S/C35H41N5O4/c36-33(41)26-13-17-39(18-14-26)22-24-10-11-31-27(20-24)23-40(34(31)42)19-15-28-21-29(12-16-37-28)44-35(43)38-32-9-5-4-8-30(32)25-6-2-1-3-7-25/h1-11,20,26,28-29,37H,12-19,21-23H2,(H2,36,41)(H,38,43). The van der Waals surface area contributed by atoms with Gasteiger partial charge in [0.2, 0.25) is 5.91 Å². The Morgan fingerprint density at radius 3 is 2.52 bits per heavy atom. The summed E-state index contributed by atoms with van der Waals surface area (Å²) in [6, 6.07) is 24.0. The number of primary amides is 1. The zero-order valence-corrected chi connectivity index (χ0v) is 25.0. The van der Waals surface area contributed by atoms with Crippen LogP contribution in [0.1, 0.15) is 53.6 Å². The molecule has 0 aromatic heterocycles. The molecule has 6 rings (SSSR count). The first-order valence-electron chi connectivity index (χ1n) is 15.7. The number of ether oxygens (including phenoxy) is 1. The zero-order valence-electron chi connectivity index (χ0n) is 25.0. The number of likely N-dealkylation sites (tertiary alicyclic amines) is 1. The summed E-state index contributed by atoms with van der Waals surface area (Å²) in [6.07, 6.45) is 3.23. The Morgan fingerprint density at radius 2 is 1.73 bits per heavy atom. The van der Waals surface area contributed by atoms with Crippen LogP contribution in [0.2, 0.25) is 0 Å². The molecule has 3 amide bonds. The quantitative estimate of drug-likeness (QED) is 0.328. The molecule has 4 N–H and O–H groups in total. The number of carbonyl (C=O) groups is 3. The highest BCUT2D eigenvalue weighted by Gasteiger charge is 2.30. The van der Waals surface area contributed by atoms with Gasteiger partial charge in [0.1, 0.15) is 6.10 Å². The molecule has 0 aliphatic carbocycles. The number of hydrogen-bond acceptors (Lipinski definition) is 6. The van der Waals surface area contributed by atoms with Gasteiger partial charge in [-0.05, 0) is 80.6 Å². The van der Waals surface area contributed by atoms with Crippen molar-refractivity contribution in [3.63, 3.8) is 0 Å². The minimum absolute atomic E-state index is 0.0162. The lowest BCUT2D eigenvalue weighted by atomic mass is 9.96. The first-order chi connectivity index (χ1) is 21.4. The van der Waals surface area contributed by atoms with Gasteiger partial charge >= 0.3 is 6.09 Å². The number of nitrogens with one attached hydrogen (secondary N) is 2. The van der Waals surface area contributed by atoms with Crippen molar-refractivity contribution in [2.75, 3.05) is 31.5 Å². The van der Waals surface area contributed by atoms with Gasteiger partial charge in [-0.1, -0.05) is 60.7 Å². The van der Waals surface area contributed by atoms with E-state index >= 15 is 0 Å². The minimum atomic E-state index is -0.447. The molecular weight excluding hydrogens is 554 g/mol. The van der Waals surface area contributed by atoms with E-state index in [1.54, 1.807) is 0 Å². The number of nitrogens with zero attached hydrogens (tertiary/aromatic N) is 2. The molecule has 0 bridgehead atoms. The van der Waals surface area contributed by atoms with Crippen molar-refractivity contribution in [3.8, 4) is 11.1 Å². The topological polar surface area (TPSA) is 117 Å². The van der Waals surface area contributed by atoms with Crippen LogP contribution in [-0.2, 0) is 22.6 Å². The van der Waals surface area contributed by atoms with Crippen molar-refractivity contribution in [3.05, 3.63) is 89.5 Å². The van der Waals surface area contributed by atoms with Gasteiger partial charge in [0.25, 0.3) is 5.91 Å². The number of anilines is 1. The maximum atomic E-state index is 13.2. The monoisotopic (exact) mass is 595 g/mol. The van der Waals surface area contributed by atoms with Crippen LogP contribution in [0.5, 0.6) is 0 Å². The molecule has 2 saturated heterocycles. The van der Waals surface area contributed by atoms with Crippen LogP contribution in [0.25, 0.3) is 11.1 Å². The molecule has 44 heavy (non-hydrogen) atoms. The van der Waals surface area contributed by atoms with Crippen LogP contribution in [0, 0.1) is 5.92 Å². The van der Waals surface area contributed by atoms with E-state index in [4.69, 9.17) is 10.5 Å². The van der Waals surface area contributed by atoms with Gasteiger partial charge < -0.3 is 20.7 Å². The van der Waals surface area contributed by atoms with Gasteiger partial charge in [-0.25, -0.2) is 4.79 Å². The molecule has 2 unspecified atom stereocenters. The lowest BCUT2D eigenvalue weighted by Crippen LogP contribution is -2.44. The Kier molecular flexibility index (Phi) is 9.23. The number of benzene rings is 3. The van der Waals surface area contributed by atoms with Crippen LogP contribution < -0.4 is 16.4 Å². The molecule has 2 fully saturated rings. The number of para-hydroxylation sites is 1. The highest BCUT2D eigenvalue weighted by atomic mass is 16.6. The smallest absolute Gasteiger partial charge is 0.411 e. The van der Waals surface area contributed by atoms with Crippen LogP contribution in [-0.4, -0.2) is 66.0 Å². The summed E-state index contributed by atoms with van der Waals surface area (Å²) < 4.78 is 5.86. The van der Waals surface area contributed by atoms with Crippen LogP contribution in [0.3, 0.4) is 0 Å². The molecule has 3 heterocycles. The van der Waals surface area contributed by atoms with E-state index in [-0.39, 0.29) is 29.9 Å². The fourth-order valence-corrected chi connectivity index (χ4v) is 6.70. The van der Waals surface area contributed by atoms with Crippen molar-refractivity contribution in [1.82, 2.24) is 15.1 Å². The van der Waals surface area contributed by atoms with E-state index in [0.717, 1.165) is 79.8 Å². The molecule has 3 aromatic carbocycles. The van der Waals surface area contributed by atoms with E-state index in [9.17, 15) is 14.4 Å². The predicted octanol–water partition coefficient (Wildman–Crippen LogP) is 4.77. The van der Waals surface area contributed by atoms with Gasteiger partial charge in [-0.15, -0.1) is 0 Å². The van der Waals surface area contributed by atoms with Gasteiger partial charge in [0.15, 0.2) is 0 Å². The molecule has 0 saturated carbocycles. The average molecular weight is 596 g/mol. The molecule has 2 atom stereocenters. The number of fused-ring (bicyclic) bond motifs is 1. The van der Waals surface area contributed by atoms with Crippen LogP contribution in [0.15, 0.2) is 72.8 Å². The van der Waals surface area contributed by atoms with Gasteiger partial charge in [-0.3, -0.25) is 19.8 Å². The Labute approximate surface area is 258 Å². The summed E-state index contributed by atoms with van der Waals surface area (Å²) in [4.78, 5) is 41.8. The molecule has 9 heteroatoms. The number of carbonyl (C=O) groups excluding carboxylic acids is 3. The third-order valence-corrected chi connectivity index (χ3v) is 9.16. The second kappa shape index (κ2) is 13.6. The van der Waals surface area contributed by atoms with Gasteiger partial charge in [0, 0.05) is 42.7 Å². The summed E-state index contributed by atoms with van der Waals surface area (Å²) >= 11 is 0. The van der Waals surface area contributed by atoms with Crippen molar-refractivity contribution < 1.29 is 19.1 Å². The Morgan fingerprint density at radius 1 is 0.955 bits per heavy atom. The third-order valence-electron chi connectivity index (χ3n) is 9.16. The van der Waals surface area contributed by atoms with Crippen molar-refractivity contribution in [1.29, 1.82) is 0 Å². The lowest BCUT2D eigenvalue weighted by molar-refractivity contribution is -0.123. The summed E-state index contributed by atoms with van der Waals surface area (Å²) in [5.41, 5.74) is 11.2. The second-order valence-electron chi connectivity index (χ2n) is 12.2. The van der Waals surface area contributed by atoms with Crippen molar-refractivity contribution in [2.24, 2.45) is 11.7 Å². The van der Waals surface area contributed by atoms with Gasteiger partial charge in [0.05, 0.1) is 5.69 Å². The molecule has 0 radical (unpaired) electrons. The highest BCUT2D eigenvalue weighted by Crippen LogP contribution is 2.29. The summed E-state index contributed by atoms with van der Waals surface area (Å²) in [7, 11) is 0. The van der Waals surface area contributed by atoms with Crippen molar-refractivity contribution in [2.45, 2.75) is 57.3 Å². The summed E-state index contributed by atoms with van der Waals surface area (Å²) in [5.74, 6) is -0.134. The van der Waals surface area contributed by atoms with Crippen LogP contribution >= 0.6 is 0 Å².